The molecule has 5 rings (SSSR count). The highest BCUT2D eigenvalue weighted by Crippen LogP contribution is 2.38. The van der Waals surface area contributed by atoms with Crippen LogP contribution in [0, 0.1) is 12.3 Å². The number of nitrogens with one attached hydrogen (secondary N) is 1. The summed E-state index contributed by atoms with van der Waals surface area (Å²) >= 11 is 0. The van der Waals surface area contributed by atoms with Crippen LogP contribution in [0.15, 0.2) is 34.9 Å². The maximum absolute atomic E-state index is 13.8. The van der Waals surface area contributed by atoms with Crippen LogP contribution in [0.5, 0.6) is 5.75 Å². The second-order valence-corrected chi connectivity index (χ2v) is 11.3. The number of amides is 2. The molecule has 1 atom stereocenters. The van der Waals surface area contributed by atoms with Crippen LogP contribution < -0.4 is 10.1 Å². The fraction of sp³-hybridized carbons (Fsp3) is 0.533. The summed E-state index contributed by atoms with van der Waals surface area (Å²) in [6, 6.07) is 9.91. The minimum Gasteiger partial charge on any atom is -0.481 e. The number of aromatic nitrogens is 2. The number of pyridine rings is 1. The van der Waals surface area contributed by atoms with E-state index in [2.05, 4.69) is 35.4 Å². The van der Waals surface area contributed by atoms with Crippen LogP contribution in [0.3, 0.4) is 0 Å². The van der Waals surface area contributed by atoms with E-state index < -0.39 is 6.10 Å². The smallest absolute Gasteiger partial charge is 0.260 e. The van der Waals surface area contributed by atoms with E-state index in [0.717, 1.165) is 55.5 Å². The van der Waals surface area contributed by atoms with Crippen molar-refractivity contribution >= 4 is 22.9 Å². The minimum absolute atomic E-state index is 0.00345. The van der Waals surface area contributed by atoms with E-state index in [1.807, 2.05) is 36.1 Å². The van der Waals surface area contributed by atoms with Crippen LogP contribution in [0.25, 0.3) is 11.1 Å². The van der Waals surface area contributed by atoms with Gasteiger partial charge in [0.05, 0.1) is 16.6 Å². The van der Waals surface area contributed by atoms with E-state index in [1.165, 1.54) is 0 Å². The molecule has 38 heavy (non-hydrogen) atoms. The first kappa shape index (κ1) is 26.2. The number of hydrogen-bond donors (Lipinski definition) is 1. The lowest BCUT2D eigenvalue weighted by Crippen LogP contribution is -2.49. The zero-order valence-electron chi connectivity index (χ0n) is 22.9. The predicted octanol–water partition coefficient (Wildman–Crippen LogP) is 5.19. The quantitative estimate of drug-likeness (QED) is 0.502. The first-order chi connectivity index (χ1) is 18.3. The Kier molecular flexibility index (Phi) is 7.41. The molecule has 0 radical (unpaired) electrons. The van der Waals surface area contributed by atoms with E-state index in [4.69, 9.17) is 9.26 Å². The molecule has 1 saturated heterocycles. The number of rotatable bonds is 2. The Morgan fingerprint density at radius 1 is 1.16 bits per heavy atom. The number of fused-ring (bicyclic) bond motifs is 2. The second-order valence-electron chi connectivity index (χ2n) is 11.3. The monoisotopic (exact) mass is 518 g/mol. The molecule has 0 unspecified atom stereocenters. The highest BCUT2D eigenvalue weighted by atomic mass is 16.5. The summed E-state index contributed by atoms with van der Waals surface area (Å²) in [5.74, 6) is 0.864. The van der Waals surface area contributed by atoms with Crippen molar-refractivity contribution in [2.24, 2.45) is 5.41 Å². The fourth-order valence-corrected chi connectivity index (χ4v) is 5.75. The van der Waals surface area contributed by atoms with Gasteiger partial charge in [-0.3, -0.25) is 9.59 Å². The van der Waals surface area contributed by atoms with Gasteiger partial charge in [-0.25, -0.2) is 4.98 Å². The molecule has 2 aromatic heterocycles. The average molecular weight is 519 g/mol. The molecule has 2 amide bonds. The molecule has 1 N–H and O–H groups in total. The Balaban J connectivity index is 1.32. The van der Waals surface area contributed by atoms with E-state index in [0.29, 0.717) is 42.0 Å². The Bertz CT molecular complexity index is 1320. The SMILES string of the molecule is Cc1noc2nc(C(C)C)cc(C(=O)N3CCC4(CCCCc5ccccc5O[C@H](C)C(=O)NC4)CC3)c12. The molecule has 202 valence electrons. The zero-order chi connectivity index (χ0) is 26.9. The molecule has 1 aromatic carbocycles. The number of benzene rings is 1. The number of hydrogen-bond acceptors (Lipinski definition) is 6. The van der Waals surface area contributed by atoms with Crippen LogP contribution in [-0.4, -0.2) is 52.6 Å². The number of carbonyl (C=O) groups is 2. The van der Waals surface area contributed by atoms with Gasteiger partial charge in [-0.05, 0) is 75.0 Å². The molecular formula is C30H38N4O4. The number of piperidine rings is 1. The molecule has 2 aliphatic rings. The molecule has 3 aromatic rings. The summed E-state index contributed by atoms with van der Waals surface area (Å²) in [4.78, 5) is 33.2. The number of likely N-dealkylation sites (tertiary alicyclic amines) is 1. The van der Waals surface area contributed by atoms with Crippen molar-refractivity contribution in [1.29, 1.82) is 0 Å². The van der Waals surface area contributed by atoms with E-state index in [-0.39, 0.29) is 23.1 Å². The maximum Gasteiger partial charge on any atom is 0.260 e. The predicted molar refractivity (Wildman–Crippen MR) is 145 cm³/mol. The Morgan fingerprint density at radius 3 is 2.68 bits per heavy atom. The number of carbonyl (C=O) groups excluding carboxylic acids is 2. The Morgan fingerprint density at radius 2 is 1.92 bits per heavy atom. The van der Waals surface area contributed by atoms with Gasteiger partial charge >= 0.3 is 0 Å². The van der Waals surface area contributed by atoms with Crippen molar-refractivity contribution in [1.82, 2.24) is 20.4 Å². The molecule has 1 fully saturated rings. The summed E-state index contributed by atoms with van der Waals surface area (Å²) in [5, 5.41) is 7.94. The largest absolute Gasteiger partial charge is 0.481 e. The third kappa shape index (κ3) is 5.26. The summed E-state index contributed by atoms with van der Waals surface area (Å²) in [6.45, 7) is 9.66. The van der Waals surface area contributed by atoms with Gasteiger partial charge in [0.25, 0.3) is 17.5 Å². The van der Waals surface area contributed by atoms with Gasteiger partial charge in [-0.1, -0.05) is 43.6 Å². The summed E-state index contributed by atoms with van der Waals surface area (Å²) in [5.41, 5.74) is 3.66. The van der Waals surface area contributed by atoms with E-state index >= 15 is 0 Å². The van der Waals surface area contributed by atoms with Crippen molar-refractivity contribution in [2.75, 3.05) is 19.6 Å². The third-order valence-corrected chi connectivity index (χ3v) is 8.26. The van der Waals surface area contributed by atoms with Crippen molar-refractivity contribution in [3.05, 3.63) is 52.8 Å². The van der Waals surface area contributed by atoms with Crippen molar-refractivity contribution in [3.8, 4) is 5.75 Å². The molecule has 4 heterocycles. The zero-order valence-corrected chi connectivity index (χ0v) is 22.9. The Hall–Kier alpha value is -3.42. The number of aryl methyl sites for hydroxylation is 2. The van der Waals surface area contributed by atoms with E-state index in [1.54, 1.807) is 6.92 Å². The van der Waals surface area contributed by atoms with Crippen molar-refractivity contribution in [2.45, 2.75) is 78.2 Å². The van der Waals surface area contributed by atoms with Gasteiger partial charge in [-0.2, -0.15) is 0 Å². The van der Waals surface area contributed by atoms with Crippen molar-refractivity contribution < 1.29 is 18.8 Å². The van der Waals surface area contributed by atoms with Crippen LogP contribution in [-0.2, 0) is 11.2 Å². The highest BCUT2D eigenvalue weighted by molar-refractivity contribution is 6.06. The summed E-state index contributed by atoms with van der Waals surface area (Å²) in [7, 11) is 0. The Labute approximate surface area is 224 Å². The van der Waals surface area contributed by atoms with Crippen LogP contribution in [0.1, 0.15) is 86.1 Å². The molecule has 8 heteroatoms. The average Bonchev–Trinajstić information content (AvgIpc) is 3.30. The molecule has 0 bridgehead atoms. The third-order valence-electron chi connectivity index (χ3n) is 8.26. The molecule has 0 saturated carbocycles. The lowest BCUT2D eigenvalue weighted by molar-refractivity contribution is -0.128. The van der Waals surface area contributed by atoms with Crippen LogP contribution in [0.2, 0.25) is 0 Å². The van der Waals surface area contributed by atoms with Gasteiger partial charge in [0, 0.05) is 25.3 Å². The normalized spacial score (nSPS) is 20.4. The lowest BCUT2D eigenvalue weighted by atomic mass is 9.74. The topological polar surface area (TPSA) is 97.6 Å². The van der Waals surface area contributed by atoms with Gasteiger partial charge in [0.2, 0.25) is 0 Å². The summed E-state index contributed by atoms with van der Waals surface area (Å²) in [6.07, 6.45) is 5.21. The van der Waals surface area contributed by atoms with E-state index in [9.17, 15) is 9.59 Å². The molecule has 0 aliphatic carbocycles. The van der Waals surface area contributed by atoms with Crippen LogP contribution >= 0.6 is 0 Å². The molecular weight excluding hydrogens is 480 g/mol. The van der Waals surface area contributed by atoms with Gasteiger partial charge in [0.15, 0.2) is 6.10 Å². The molecule has 1 spiro atoms. The van der Waals surface area contributed by atoms with Crippen molar-refractivity contribution in [3.63, 3.8) is 0 Å². The standard InChI is InChI=1S/C30H38N4O4/c1-19(2)24-17-23(26-20(3)33-38-28(26)32-24)29(36)34-15-13-30(14-16-34)12-8-7-10-22-9-5-6-11-25(22)37-21(4)27(35)31-18-30/h5-6,9,11,17,19,21H,7-8,10,12-16,18H2,1-4H3,(H,31,35)/t21-/m1/s1. The number of ether oxygens (including phenoxy) is 1. The second kappa shape index (κ2) is 10.8. The maximum atomic E-state index is 13.8. The molecule has 2 aliphatic heterocycles. The molecule has 8 nitrogen and oxygen atoms in total. The minimum atomic E-state index is -0.564. The lowest BCUT2D eigenvalue weighted by Gasteiger charge is -2.42. The first-order valence-electron chi connectivity index (χ1n) is 13.8. The van der Waals surface area contributed by atoms with Crippen LogP contribution in [0.4, 0.5) is 0 Å². The fourth-order valence-electron chi connectivity index (χ4n) is 5.75. The van der Waals surface area contributed by atoms with Gasteiger partial charge in [0.1, 0.15) is 5.75 Å². The summed E-state index contributed by atoms with van der Waals surface area (Å²) < 4.78 is 11.5. The number of para-hydroxylation sites is 1. The number of nitrogens with zero attached hydrogens (tertiary/aromatic N) is 3. The van der Waals surface area contributed by atoms with Gasteiger partial charge < -0.3 is 19.5 Å². The first-order valence-corrected chi connectivity index (χ1v) is 13.8. The highest BCUT2D eigenvalue weighted by Gasteiger charge is 2.37. The van der Waals surface area contributed by atoms with Gasteiger partial charge in [-0.15, -0.1) is 0 Å².